The molecule has 0 atom stereocenters. The first kappa shape index (κ1) is 18.7. The zero-order chi connectivity index (χ0) is 15.4. The molecule has 1 amide bonds. The van der Waals surface area contributed by atoms with Crippen LogP contribution in [-0.4, -0.2) is 55.0 Å². The Morgan fingerprint density at radius 3 is 2.87 bits per heavy atom. The van der Waals surface area contributed by atoms with Crippen LogP contribution in [-0.2, 0) is 17.8 Å². The molecule has 0 bridgehead atoms. The minimum absolute atomic E-state index is 0. The van der Waals surface area contributed by atoms with Crippen molar-refractivity contribution in [2.75, 3.05) is 39.3 Å². The number of carbonyl (C=O) groups is 1. The van der Waals surface area contributed by atoms with Gasteiger partial charge in [-0.05, 0) is 68.4 Å². The van der Waals surface area contributed by atoms with Crippen molar-refractivity contribution in [3.05, 3.63) is 21.9 Å². The molecule has 0 aromatic carbocycles. The van der Waals surface area contributed by atoms with Gasteiger partial charge in [0.15, 0.2) is 0 Å². The van der Waals surface area contributed by atoms with Crippen LogP contribution in [0.25, 0.3) is 0 Å². The summed E-state index contributed by atoms with van der Waals surface area (Å²) in [7, 11) is 0. The Kier molecular flexibility index (Phi) is 7.34. The number of fused-ring (bicyclic) bond motifs is 1. The monoisotopic (exact) mass is 357 g/mol. The second-order valence-corrected chi connectivity index (χ2v) is 7.46. The summed E-state index contributed by atoms with van der Waals surface area (Å²) in [5.74, 6) is 1.09. The Morgan fingerprint density at radius 1 is 1.35 bits per heavy atom. The van der Waals surface area contributed by atoms with Crippen molar-refractivity contribution in [1.29, 1.82) is 0 Å². The number of nitrogens with one attached hydrogen (secondary N) is 1. The standard InChI is InChI=1S/C17H27N3OS.ClH/c1-2-18-11-14-3-7-19(8-4-14)13-17(21)20-9-5-16-15(12-20)6-10-22-16;/h6,10,14,18H,2-5,7-9,11-13H2,1H3;1H. The topological polar surface area (TPSA) is 35.6 Å². The third-order valence-corrected chi connectivity index (χ3v) is 5.93. The lowest BCUT2D eigenvalue weighted by Crippen LogP contribution is -2.45. The van der Waals surface area contributed by atoms with Gasteiger partial charge in [-0.1, -0.05) is 6.92 Å². The van der Waals surface area contributed by atoms with Gasteiger partial charge in [0.25, 0.3) is 0 Å². The molecule has 4 nitrogen and oxygen atoms in total. The quantitative estimate of drug-likeness (QED) is 0.878. The molecular weight excluding hydrogens is 330 g/mol. The average molecular weight is 358 g/mol. The number of rotatable bonds is 5. The third kappa shape index (κ3) is 4.92. The van der Waals surface area contributed by atoms with E-state index in [0.717, 1.165) is 51.6 Å². The Labute approximate surface area is 149 Å². The van der Waals surface area contributed by atoms with E-state index in [0.29, 0.717) is 12.5 Å². The van der Waals surface area contributed by atoms with Gasteiger partial charge in [-0.2, -0.15) is 0 Å². The Bertz CT molecular complexity index is 500. The largest absolute Gasteiger partial charge is 0.337 e. The van der Waals surface area contributed by atoms with Crippen LogP contribution in [0.1, 0.15) is 30.2 Å². The molecule has 3 heterocycles. The van der Waals surface area contributed by atoms with Crippen LogP contribution in [0.5, 0.6) is 0 Å². The fourth-order valence-electron chi connectivity index (χ4n) is 3.45. The van der Waals surface area contributed by atoms with Crippen LogP contribution in [0.3, 0.4) is 0 Å². The van der Waals surface area contributed by atoms with Gasteiger partial charge in [-0.25, -0.2) is 0 Å². The molecule has 3 rings (SSSR count). The molecule has 1 fully saturated rings. The molecule has 1 aromatic rings. The Morgan fingerprint density at radius 2 is 2.13 bits per heavy atom. The maximum Gasteiger partial charge on any atom is 0.237 e. The molecule has 23 heavy (non-hydrogen) atoms. The number of likely N-dealkylation sites (tertiary alicyclic amines) is 1. The number of hydrogen-bond acceptors (Lipinski definition) is 4. The van der Waals surface area contributed by atoms with E-state index in [2.05, 4.69) is 28.6 Å². The lowest BCUT2D eigenvalue weighted by molar-refractivity contribution is -0.133. The van der Waals surface area contributed by atoms with Crippen molar-refractivity contribution in [3.8, 4) is 0 Å². The number of carbonyl (C=O) groups excluding carboxylic acids is 1. The summed E-state index contributed by atoms with van der Waals surface area (Å²) in [6, 6.07) is 2.17. The Hall–Kier alpha value is -0.620. The number of hydrogen-bond donors (Lipinski definition) is 1. The molecule has 0 saturated carbocycles. The highest BCUT2D eigenvalue weighted by Crippen LogP contribution is 2.24. The maximum atomic E-state index is 12.5. The van der Waals surface area contributed by atoms with Crippen LogP contribution in [0.4, 0.5) is 0 Å². The van der Waals surface area contributed by atoms with E-state index in [9.17, 15) is 4.79 Å². The van der Waals surface area contributed by atoms with E-state index in [1.165, 1.54) is 23.3 Å². The molecule has 0 radical (unpaired) electrons. The summed E-state index contributed by atoms with van der Waals surface area (Å²) in [6.45, 7) is 8.79. The highest BCUT2D eigenvalue weighted by Gasteiger charge is 2.25. The van der Waals surface area contributed by atoms with Crippen LogP contribution in [0.2, 0.25) is 0 Å². The smallest absolute Gasteiger partial charge is 0.237 e. The van der Waals surface area contributed by atoms with E-state index < -0.39 is 0 Å². The summed E-state index contributed by atoms with van der Waals surface area (Å²) in [6.07, 6.45) is 3.47. The highest BCUT2D eigenvalue weighted by atomic mass is 35.5. The van der Waals surface area contributed by atoms with E-state index in [1.807, 2.05) is 16.2 Å². The molecule has 0 spiro atoms. The van der Waals surface area contributed by atoms with Crippen molar-refractivity contribution in [3.63, 3.8) is 0 Å². The fourth-order valence-corrected chi connectivity index (χ4v) is 4.34. The van der Waals surface area contributed by atoms with Gasteiger partial charge in [0.1, 0.15) is 0 Å². The summed E-state index contributed by atoms with van der Waals surface area (Å²) in [5.41, 5.74) is 1.36. The van der Waals surface area contributed by atoms with E-state index >= 15 is 0 Å². The van der Waals surface area contributed by atoms with Crippen LogP contribution in [0.15, 0.2) is 11.4 Å². The summed E-state index contributed by atoms with van der Waals surface area (Å²) in [5, 5.41) is 5.59. The predicted molar refractivity (Wildman–Crippen MR) is 98.4 cm³/mol. The van der Waals surface area contributed by atoms with Crippen LogP contribution < -0.4 is 5.32 Å². The average Bonchev–Trinajstić information content (AvgIpc) is 3.01. The SMILES string of the molecule is CCNCC1CCN(CC(=O)N2CCc3sccc3C2)CC1.Cl. The lowest BCUT2D eigenvalue weighted by Gasteiger charge is -2.34. The second kappa shape index (κ2) is 9.02. The van der Waals surface area contributed by atoms with E-state index in [4.69, 9.17) is 0 Å². The maximum absolute atomic E-state index is 12.5. The molecule has 1 N–H and O–H groups in total. The second-order valence-electron chi connectivity index (χ2n) is 6.46. The number of thiophene rings is 1. The van der Waals surface area contributed by atoms with Gasteiger partial charge >= 0.3 is 0 Å². The first-order valence-corrected chi connectivity index (χ1v) is 9.40. The molecule has 2 aliphatic rings. The van der Waals surface area contributed by atoms with Crippen molar-refractivity contribution in [2.24, 2.45) is 5.92 Å². The van der Waals surface area contributed by atoms with Gasteiger partial charge in [-0.15, -0.1) is 23.7 Å². The van der Waals surface area contributed by atoms with Crippen LogP contribution in [0, 0.1) is 5.92 Å². The molecule has 0 aliphatic carbocycles. The minimum atomic E-state index is 0. The highest BCUT2D eigenvalue weighted by molar-refractivity contribution is 7.10. The number of amides is 1. The zero-order valence-corrected chi connectivity index (χ0v) is 15.6. The number of nitrogens with zero attached hydrogens (tertiary/aromatic N) is 2. The van der Waals surface area contributed by atoms with Gasteiger partial charge in [0.05, 0.1) is 6.54 Å². The van der Waals surface area contributed by atoms with Crippen molar-refractivity contribution in [2.45, 2.75) is 32.7 Å². The first-order chi connectivity index (χ1) is 10.8. The summed E-state index contributed by atoms with van der Waals surface area (Å²) in [4.78, 5) is 18.4. The number of halogens is 1. The molecule has 1 aromatic heterocycles. The first-order valence-electron chi connectivity index (χ1n) is 8.52. The van der Waals surface area contributed by atoms with Gasteiger partial charge in [-0.3, -0.25) is 9.69 Å². The lowest BCUT2D eigenvalue weighted by atomic mass is 9.97. The predicted octanol–water partition coefficient (Wildman–Crippen LogP) is 2.38. The van der Waals surface area contributed by atoms with Crippen molar-refractivity contribution < 1.29 is 4.79 Å². The zero-order valence-electron chi connectivity index (χ0n) is 13.9. The Balaban J connectivity index is 0.00000192. The van der Waals surface area contributed by atoms with Crippen molar-refractivity contribution in [1.82, 2.24) is 15.1 Å². The number of piperidine rings is 1. The third-order valence-electron chi connectivity index (χ3n) is 4.91. The summed E-state index contributed by atoms with van der Waals surface area (Å²) >= 11 is 1.83. The normalized spacial score (nSPS) is 19.3. The molecule has 2 aliphatic heterocycles. The summed E-state index contributed by atoms with van der Waals surface area (Å²) < 4.78 is 0. The molecular formula is C17H28ClN3OS. The van der Waals surface area contributed by atoms with E-state index in [1.54, 1.807) is 0 Å². The minimum Gasteiger partial charge on any atom is -0.337 e. The fraction of sp³-hybridized carbons (Fsp3) is 0.706. The molecule has 6 heteroatoms. The molecule has 130 valence electrons. The molecule has 0 unspecified atom stereocenters. The van der Waals surface area contributed by atoms with Crippen molar-refractivity contribution >= 4 is 29.7 Å². The van der Waals surface area contributed by atoms with Crippen LogP contribution >= 0.6 is 23.7 Å². The van der Waals surface area contributed by atoms with Gasteiger partial charge < -0.3 is 10.2 Å². The molecule has 1 saturated heterocycles. The van der Waals surface area contributed by atoms with E-state index in [-0.39, 0.29) is 12.4 Å². The van der Waals surface area contributed by atoms with Gasteiger partial charge in [0.2, 0.25) is 5.91 Å². The van der Waals surface area contributed by atoms with Gasteiger partial charge in [0, 0.05) is 18.0 Å².